The summed E-state index contributed by atoms with van der Waals surface area (Å²) in [4.78, 5) is 1.30. The third kappa shape index (κ3) is 2.71. The van der Waals surface area contributed by atoms with Crippen molar-refractivity contribution in [3.8, 4) is 0 Å². The molecule has 0 bridgehead atoms. The predicted molar refractivity (Wildman–Crippen MR) is 62.3 cm³/mol. The van der Waals surface area contributed by atoms with E-state index in [1.54, 1.807) is 6.92 Å². The monoisotopic (exact) mass is 243 g/mol. The lowest BCUT2D eigenvalue weighted by atomic mass is 10.1. The molecule has 1 unspecified atom stereocenters. The van der Waals surface area contributed by atoms with Crippen molar-refractivity contribution in [3.05, 3.63) is 29.3 Å². The van der Waals surface area contributed by atoms with E-state index < -0.39 is 23.5 Å². The molecule has 1 aromatic rings. The Hall–Kier alpha value is -1.69. The molecule has 1 aromatic carbocycles. The molecule has 0 amide bonds. The molecule has 0 radical (unpaired) electrons. The van der Waals surface area contributed by atoms with Gasteiger partial charge in [-0.1, -0.05) is 0 Å². The topological polar surface area (TPSA) is 73.3 Å². The fourth-order valence-corrected chi connectivity index (χ4v) is 1.40. The Kier molecular flexibility index (Phi) is 4.01. The van der Waals surface area contributed by atoms with E-state index in [-0.39, 0.29) is 17.9 Å². The van der Waals surface area contributed by atoms with Gasteiger partial charge in [0.05, 0.1) is 6.61 Å². The summed E-state index contributed by atoms with van der Waals surface area (Å²) in [6.07, 6.45) is 0. The van der Waals surface area contributed by atoms with Crippen LogP contribution >= 0.6 is 0 Å². The normalized spacial score (nSPS) is 12.3. The number of hydrogen-bond acceptors (Lipinski definition) is 3. The maximum Gasteiger partial charge on any atom is 0.150 e. The minimum atomic E-state index is -0.807. The second-order valence-corrected chi connectivity index (χ2v) is 3.84. The van der Waals surface area contributed by atoms with Crippen LogP contribution in [0.25, 0.3) is 0 Å². The average molecular weight is 243 g/mol. The van der Waals surface area contributed by atoms with Gasteiger partial charge in [0.25, 0.3) is 0 Å². The van der Waals surface area contributed by atoms with Gasteiger partial charge in [-0.2, -0.15) is 0 Å². The zero-order valence-corrected chi connectivity index (χ0v) is 9.67. The number of aliphatic hydroxyl groups excluding tert-OH is 1. The highest BCUT2D eigenvalue weighted by Gasteiger charge is 2.19. The molecule has 0 fully saturated rings. The minimum Gasteiger partial charge on any atom is -0.394 e. The van der Waals surface area contributed by atoms with Gasteiger partial charge in [0.2, 0.25) is 0 Å². The summed E-state index contributed by atoms with van der Waals surface area (Å²) in [6, 6.07) is 1.59. The van der Waals surface area contributed by atoms with E-state index in [4.69, 9.17) is 16.2 Å². The molecule has 4 nitrogen and oxygen atoms in total. The Morgan fingerprint density at radius 3 is 2.29 bits per heavy atom. The van der Waals surface area contributed by atoms with Crippen LogP contribution < -0.4 is 10.6 Å². The minimum absolute atomic E-state index is 0.00574. The Balaban J connectivity index is 3.22. The van der Waals surface area contributed by atoms with Gasteiger partial charge < -0.3 is 15.7 Å². The molecule has 0 aromatic heterocycles. The Morgan fingerprint density at radius 1 is 1.47 bits per heavy atom. The summed E-state index contributed by atoms with van der Waals surface area (Å²) in [6.45, 7) is 1.42. The van der Waals surface area contributed by atoms with Gasteiger partial charge in [-0.3, -0.25) is 5.41 Å². The molecular formula is C11H15F2N3O. The number of amidine groups is 1. The van der Waals surface area contributed by atoms with Gasteiger partial charge in [-0.25, -0.2) is 8.78 Å². The molecular weight excluding hydrogens is 228 g/mol. The number of rotatable bonds is 4. The third-order valence-corrected chi connectivity index (χ3v) is 2.61. The van der Waals surface area contributed by atoms with E-state index in [0.29, 0.717) is 0 Å². The van der Waals surface area contributed by atoms with Crippen molar-refractivity contribution in [2.45, 2.75) is 13.0 Å². The van der Waals surface area contributed by atoms with Crippen molar-refractivity contribution in [3.63, 3.8) is 0 Å². The molecule has 1 rings (SSSR count). The standard InChI is InChI=1S/C11H15F2N3O/c1-6(5-17)16(2)10-8(12)3-7(11(14)15)4-9(10)13/h3-4,6,17H,5H2,1-2H3,(H3,14,15). The summed E-state index contributed by atoms with van der Waals surface area (Å²) in [5.41, 5.74) is 4.91. The number of benzene rings is 1. The highest BCUT2D eigenvalue weighted by Crippen LogP contribution is 2.25. The first-order valence-corrected chi connectivity index (χ1v) is 5.05. The number of nitrogen functional groups attached to an aromatic ring is 1. The molecule has 6 heteroatoms. The van der Waals surface area contributed by atoms with Gasteiger partial charge in [-0.05, 0) is 19.1 Å². The number of aliphatic hydroxyl groups is 1. The second-order valence-electron chi connectivity index (χ2n) is 3.84. The van der Waals surface area contributed by atoms with Crippen molar-refractivity contribution in [1.29, 1.82) is 5.41 Å². The number of nitrogens with two attached hydrogens (primary N) is 1. The van der Waals surface area contributed by atoms with Crippen LogP contribution in [0, 0.1) is 17.0 Å². The maximum absolute atomic E-state index is 13.7. The molecule has 0 aliphatic heterocycles. The summed E-state index contributed by atoms with van der Waals surface area (Å²) in [5.74, 6) is -2.01. The number of halogens is 2. The zero-order chi connectivity index (χ0) is 13.2. The van der Waals surface area contributed by atoms with Crippen molar-refractivity contribution in [2.75, 3.05) is 18.6 Å². The molecule has 0 heterocycles. The summed E-state index contributed by atoms with van der Waals surface area (Å²) in [5, 5.41) is 16.1. The zero-order valence-electron chi connectivity index (χ0n) is 9.67. The fourth-order valence-electron chi connectivity index (χ4n) is 1.40. The first-order valence-electron chi connectivity index (χ1n) is 5.05. The quantitative estimate of drug-likeness (QED) is 0.547. The number of anilines is 1. The summed E-state index contributed by atoms with van der Waals surface area (Å²) in [7, 11) is 1.48. The lowest BCUT2D eigenvalue weighted by Gasteiger charge is -2.26. The van der Waals surface area contributed by atoms with Gasteiger partial charge in [0.1, 0.15) is 23.2 Å². The van der Waals surface area contributed by atoms with Crippen LogP contribution in [0.15, 0.2) is 12.1 Å². The van der Waals surface area contributed by atoms with Gasteiger partial charge in [-0.15, -0.1) is 0 Å². The first-order chi connectivity index (χ1) is 7.88. The van der Waals surface area contributed by atoms with E-state index in [1.165, 1.54) is 11.9 Å². The van der Waals surface area contributed by atoms with E-state index in [9.17, 15) is 8.78 Å². The van der Waals surface area contributed by atoms with Crippen molar-refractivity contribution < 1.29 is 13.9 Å². The van der Waals surface area contributed by atoms with Crippen LogP contribution in [0.1, 0.15) is 12.5 Å². The molecule has 0 saturated carbocycles. The fraction of sp³-hybridized carbons (Fsp3) is 0.364. The third-order valence-electron chi connectivity index (χ3n) is 2.61. The van der Waals surface area contributed by atoms with Crippen LogP contribution in [0.4, 0.5) is 14.5 Å². The molecule has 4 N–H and O–H groups in total. The Labute approximate surface area is 98.2 Å². The maximum atomic E-state index is 13.7. The number of nitrogens with zero attached hydrogens (tertiary/aromatic N) is 1. The van der Waals surface area contributed by atoms with E-state index in [1.807, 2.05) is 0 Å². The number of nitrogens with one attached hydrogen (secondary N) is 1. The van der Waals surface area contributed by atoms with Crippen LogP contribution in [0.3, 0.4) is 0 Å². The molecule has 0 saturated heterocycles. The van der Waals surface area contributed by atoms with Gasteiger partial charge in [0.15, 0.2) is 0 Å². The van der Waals surface area contributed by atoms with Crippen LogP contribution in [0.5, 0.6) is 0 Å². The van der Waals surface area contributed by atoms with Crippen LogP contribution in [-0.2, 0) is 0 Å². The summed E-state index contributed by atoms with van der Waals surface area (Å²) < 4.78 is 27.4. The lowest BCUT2D eigenvalue weighted by Crippen LogP contribution is -2.33. The second kappa shape index (κ2) is 5.09. The highest BCUT2D eigenvalue weighted by molar-refractivity contribution is 5.95. The van der Waals surface area contributed by atoms with Gasteiger partial charge in [0, 0.05) is 18.7 Å². The number of likely N-dealkylation sites (N-methyl/N-ethyl adjacent to an activating group) is 1. The average Bonchev–Trinajstić information content (AvgIpc) is 2.26. The Bertz CT molecular complexity index is 414. The van der Waals surface area contributed by atoms with Crippen molar-refractivity contribution in [1.82, 2.24) is 0 Å². The molecule has 0 aliphatic rings. The lowest BCUT2D eigenvalue weighted by molar-refractivity contribution is 0.269. The molecule has 0 aliphatic carbocycles. The van der Waals surface area contributed by atoms with E-state index >= 15 is 0 Å². The van der Waals surface area contributed by atoms with E-state index in [2.05, 4.69) is 0 Å². The van der Waals surface area contributed by atoms with E-state index in [0.717, 1.165) is 12.1 Å². The van der Waals surface area contributed by atoms with Gasteiger partial charge >= 0.3 is 0 Å². The summed E-state index contributed by atoms with van der Waals surface area (Å²) >= 11 is 0. The molecule has 1 atom stereocenters. The molecule has 0 spiro atoms. The smallest absolute Gasteiger partial charge is 0.150 e. The van der Waals surface area contributed by atoms with Crippen LogP contribution in [-0.4, -0.2) is 30.6 Å². The van der Waals surface area contributed by atoms with Crippen LogP contribution in [0.2, 0.25) is 0 Å². The van der Waals surface area contributed by atoms with Crippen molar-refractivity contribution in [2.24, 2.45) is 5.73 Å². The SMILES string of the molecule is CC(CO)N(C)c1c(F)cc(C(=N)N)cc1F. The number of hydrogen-bond donors (Lipinski definition) is 3. The van der Waals surface area contributed by atoms with Crippen molar-refractivity contribution >= 4 is 11.5 Å². The molecule has 17 heavy (non-hydrogen) atoms. The molecule has 94 valence electrons. The Morgan fingerprint density at radius 2 is 1.94 bits per heavy atom. The predicted octanol–water partition coefficient (Wildman–Crippen LogP) is 1.07. The highest BCUT2D eigenvalue weighted by atomic mass is 19.1. The largest absolute Gasteiger partial charge is 0.394 e. The first kappa shape index (κ1) is 13.4.